The van der Waals surface area contributed by atoms with E-state index in [1.807, 2.05) is 32.0 Å². The number of anilines is 1. The van der Waals surface area contributed by atoms with Gasteiger partial charge in [-0.2, -0.15) is 0 Å². The molecule has 16 heteroatoms. The van der Waals surface area contributed by atoms with Crippen LogP contribution in [0.3, 0.4) is 0 Å². The molecule has 0 saturated carbocycles. The van der Waals surface area contributed by atoms with E-state index in [4.69, 9.17) is 20.6 Å². The van der Waals surface area contributed by atoms with Gasteiger partial charge in [0.15, 0.2) is 5.96 Å². The van der Waals surface area contributed by atoms with E-state index in [1.54, 1.807) is 31.2 Å². The van der Waals surface area contributed by atoms with Gasteiger partial charge in [0.1, 0.15) is 24.3 Å². The lowest BCUT2D eigenvalue weighted by atomic mass is 10.0. The van der Waals surface area contributed by atoms with Gasteiger partial charge in [-0.1, -0.05) is 44.2 Å². The minimum Gasteiger partial charge on any atom is -0.445 e. The van der Waals surface area contributed by atoms with Crippen LogP contribution in [0.1, 0.15) is 44.2 Å². The van der Waals surface area contributed by atoms with Crippen molar-refractivity contribution in [2.75, 3.05) is 25.0 Å². The summed E-state index contributed by atoms with van der Waals surface area (Å²) in [6, 6.07) is 13.1. The summed E-state index contributed by atoms with van der Waals surface area (Å²) in [5.74, 6) is -2.66. The van der Waals surface area contributed by atoms with E-state index in [9.17, 15) is 28.8 Å². The van der Waals surface area contributed by atoms with Crippen molar-refractivity contribution >= 4 is 52.3 Å². The molecule has 0 bridgehead atoms. The van der Waals surface area contributed by atoms with E-state index >= 15 is 0 Å². The minimum atomic E-state index is -1.11. The van der Waals surface area contributed by atoms with E-state index in [1.165, 1.54) is 12.1 Å². The first-order valence-corrected chi connectivity index (χ1v) is 16.0. The Labute approximate surface area is 288 Å². The van der Waals surface area contributed by atoms with Gasteiger partial charge in [0.05, 0.1) is 13.1 Å². The standard InChI is InChI=1S/C34H44N8O8/c1-20(2)14-26(42-34(48)49-19-22-8-5-4-6-9-22)32(47)41-25(10-7-13-37-33(35)36)31(46)39-17-28(43)38-18-29(44)40-23-11-12-24-21(3)15-30(45)50-27(24)16-23/h4-6,8-9,11-12,15-16,20,25-26H,7,10,13-14,17-19H2,1-3H3,(H,38,43)(H,39,46)(H,40,44)(H,41,47)(H,42,48)(H4,35,36,37)/t25-,26-/m0/s1. The van der Waals surface area contributed by atoms with Crippen LogP contribution in [0.25, 0.3) is 11.0 Å². The zero-order chi connectivity index (χ0) is 36.6. The van der Waals surface area contributed by atoms with Crippen LogP contribution < -0.4 is 43.7 Å². The molecular weight excluding hydrogens is 648 g/mol. The van der Waals surface area contributed by atoms with Gasteiger partial charge in [-0.3, -0.25) is 24.2 Å². The molecule has 0 saturated heterocycles. The van der Waals surface area contributed by atoms with Crippen LogP contribution in [0.15, 0.2) is 68.8 Å². The second-order valence-electron chi connectivity index (χ2n) is 11.9. The SMILES string of the molecule is Cc1cc(=O)oc2cc(NC(=O)CNC(=O)CNC(=O)[C@H](CCCN=C(N)N)NC(=O)[C@H](CC(C)C)NC(=O)OCc3ccccc3)ccc12. The Morgan fingerprint density at radius 2 is 1.60 bits per heavy atom. The molecule has 0 unspecified atom stereocenters. The van der Waals surface area contributed by atoms with Crippen molar-refractivity contribution in [1.29, 1.82) is 0 Å². The Balaban J connectivity index is 1.55. The van der Waals surface area contributed by atoms with Crippen LogP contribution in [0.4, 0.5) is 10.5 Å². The molecule has 2 atom stereocenters. The molecule has 3 rings (SSSR count). The number of fused-ring (bicyclic) bond motifs is 1. The summed E-state index contributed by atoms with van der Waals surface area (Å²) in [4.78, 5) is 79.6. The van der Waals surface area contributed by atoms with Crippen LogP contribution in [-0.2, 0) is 30.5 Å². The molecule has 5 amide bonds. The van der Waals surface area contributed by atoms with Gasteiger partial charge in [0.25, 0.3) is 0 Å². The van der Waals surface area contributed by atoms with E-state index in [0.717, 1.165) is 11.1 Å². The molecule has 50 heavy (non-hydrogen) atoms. The summed E-state index contributed by atoms with van der Waals surface area (Å²) in [5.41, 5.74) is 12.4. The van der Waals surface area contributed by atoms with Crippen molar-refractivity contribution in [3.63, 3.8) is 0 Å². The molecular formula is C34H44N8O8. The van der Waals surface area contributed by atoms with Crippen molar-refractivity contribution in [1.82, 2.24) is 21.3 Å². The lowest BCUT2D eigenvalue weighted by Gasteiger charge is -2.24. The topological polar surface area (TPSA) is 249 Å². The van der Waals surface area contributed by atoms with Crippen molar-refractivity contribution in [2.45, 2.75) is 58.7 Å². The second-order valence-corrected chi connectivity index (χ2v) is 11.9. The Kier molecular flexibility index (Phi) is 14.8. The van der Waals surface area contributed by atoms with Crippen LogP contribution in [-0.4, -0.2) is 67.4 Å². The quantitative estimate of drug-likeness (QED) is 0.0460. The van der Waals surface area contributed by atoms with Crippen LogP contribution in [0.2, 0.25) is 0 Å². The lowest BCUT2D eigenvalue weighted by Crippen LogP contribution is -2.55. The molecule has 268 valence electrons. The fraction of sp³-hybridized carbons (Fsp3) is 0.382. The van der Waals surface area contributed by atoms with Crippen molar-refractivity contribution < 1.29 is 33.1 Å². The summed E-state index contributed by atoms with van der Waals surface area (Å²) in [6.07, 6.45) is -0.128. The van der Waals surface area contributed by atoms with Gasteiger partial charge in [-0.15, -0.1) is 0 Å². The van der Waals surface area contributed by atoms with Gasteiger partial charge in [0.2, 0.25) is 23.6 Å². The largest absolute Gasteiger partial charge is 0.445 e. The summed E-state index contributed by atoms with van der Waals surface area (Å²) < 4.78 is 10.5. The molecule has 0 fully saturated rings. The maximum Gasteiger partial charge on any atom is 0.408 e. The highest BCUT2D eigenvalue weighted by Crippen LogP contribution is 2.20. The van der Waals surface area contributed by atoms with E-state index in [2.05, 4.69) is 31.6 Å². The maximum absolute atomic E-state index is 13.3. The molecule has 0 aliphatic rings. The monoisotopic (exact) mass is 692 g/mol. The lowest BCUT2D eigenvalue weighted by molar-refractivity contribution is -0.131. The first-order chi connectivity index (χ1) is 23.8. The highest BCUT2D eigenvalue weighted by molar-refractivity contribution is 5.97. The molecule has 9 N–H and O–H groups in total. The fourth-order valence-corrected chi connectivity index (χ4v) is 4.79. The first kappa shape index (κ1) is 38.5. The van der Waals surface area contributed by atoms with Crippen molar-refractivity contribution in [3.8, 4) is 0 Å². The number of amides is 5. The average Bonchev–Trinajstić information content (AvgIpc) is 3.06. The normalized spacial score (nSPS) is 11.9. The molecule has 1 heterocycles. The summed E-state index contributed by atoms with van der Waals surface area (Å²) in [6.45, 7) is 4.79. The third-order valence-corrected chi connectivity index (χ3v) is 7.21. The number of benzene rings is 2. The summed E-state index contributed by atoms with van der Waals surface area (Å²) in [5, 5.41) is 13.4. The molecule has 2 aromatic carbocycles. The number of hydrogen-bond donors (Lipinski definition) is 7. The van der Waals surface area contributed by atoms with E-state index in [0.29, 0.717) is 23.1 Å². The number of hydrogen-bond acceptors (Lipinski definition) is 9. The fourth-order valence-electron chi connectivity index (χ4n) is 4.79. The Morgan fingerprint density at radius 3 is 2.30 bits per heavy atom. The maximum atomic E-state index is 13.3. The van der Waals surface area contributed by atoms with Crippen LogP contribution in [0, 0.1) is 12.8 Å². The molecule has 0 spiro atoms. The number of guanidine groups is 1. The van der Waals surface area contributed by atoms with Gasteiger partial charge >= 0.3 is 11.7 Å². The number of ether oxygens (including phenoxy) is 1. The van der Waals surface area contributed by atoms with Crippen LogP contribution >= 0.6 is 0 Å². The zero-order valence-corrected chi connectivity index (χ0v) is 28.2. The highest BCUT2D eigenvalue weighted by atomic mass is 16.5. The Bertz CT molecular complexity index is 1740. The average molecular weight is 693 g/mol. The van der Waals surface area contributed by atoms with Crippen molar-refractivity contribution in [2.24, 2.45) is 22.4 Å². The Morgan fingerprint density at radius 1 is 0.880 bits per heavy atom. The number of alkyl carbamates (subject to hydrolysis) is 1. The van der Waals surface area contributed by atoms with E-state index < -0.39 is 60.5 Å². The number of carbonyl (C=O) groups excluding carboxylic acids is 5. The predicted molar refractivity (Wildman–Crippen MR) is 187 cm³/mol. The number of carbonyl (C=O) groups is 5. The number of aryl methyl sites for hydroxylation is 1. The predicted octanol–water partition coefficient (Wildman–Crippen LogP) is 1.15. The van der Waals surface area contributed by atoms with Gasteiger partial charge in [-0.05, 0) is 55.4 Å². The van der Waals surface area contributed by atoms with Crippen LogP contribution in [0.5, 0.6) is 0 Å². The van der Waals surface area contributed by atoms with Gasteiger partial charge in [0, 0.05) is 29.8 Å². The summed E-state index contributed by atoms with van der Waals surface area (Å²) >= 11 is 0. The number of aliphatic imine (C=N–C) groups is 1. The second kappa shape index (κ2) is 19.2. The molecule has 0 aliphatic carbocycles. The number of nitrogens with two attached hydrogens (primary N) is 2. The number of rotatable bonds is 17. The smallest absolute Gasteiger partial charge is 0.408 e. The molecule has 16 nitrogen and oxygen atoms in total. The highest BCUT2D eigenvalue weighted by Gasteiger charge is 2.28. The third kappa shape index (κ3) is 13.3. The first-order valence-electron chi connectivity index (χ1n) is 16.0. The molecule has 1 aromatic heterocycles. The summed E-state index contributed by atoms with van der Waals surface area (Å²) in [7, 11) is 0. The van der Waals surface area contributed by atoms with E-state index in [-0.39, 0.29) is 37.9 Å². The number of nitrogens with zero attached hydrogens (tertiary/aromatic N) is 1. The molecule has 0 aliphatic heterocycles. The van der Waals surface area contributed by atoms with Gasteiger partial charge in [-0.25, -0.2) is 9.59 Å². The molecule has 3 aromatic rings. The zero-order valence-electron chi connectivity index (χ0n) is 28.2. The minimum absolute atomic E-state index is 0.00124. The van der Waals surface area contributed by atoms with Crippen molar-refractivity contribution in [3.05, 3.63) is 76.1 Å². The number of nitrogens with one attached hydrogen (secondary N) is 5. The van der Waals surface area contributed by atoms with Gasteiger partial charge < -0.3 is 47.2 Å². The third-order valence-electron chi connectivity index (χ3n) is 7.21. The Hall–Kier alpha value is -5.93. The molecule has 0 radical (unpaired) electrons.